The van der Waals surface area contributed by atoms with E-state index in [-0.39, 0.29) is 11.8 Å². The number of ether oxygens (including phenoxy) is 1. The number of hydrogen-bond acceptors (Lipinski definition) is 2. The highest BCUT2D eigenvalue weighted by atomic mass is 79.9. The van der Waals surface area contributed by atoms with Gasteiger partial charge in [0.15, 0.2) is 0 Å². The van der Waals surface area contributed by atoms with Crippen LogP contribution in [-0.4, -0.2) is 19.6 Å². The normalized spacial score (nSPS) is 19.4. The van der Waals surface area contributed by atoms with Crippen LogP contribution in [0.25, 0.3) is 0 Å². The molecular formula is C14H18BrNO2. The summed E-state index contributed by atoms with van der Waals surface area (Å²) in [4.78, 5) is 14.2. The van der Waals surface area contributed by atoms with E-state index < -0.39 is 0 Å². The third-order valence-corrected chi connectivity index (χ3v) is 4.11. The van der Waals surface area contributed by atoms with Crippen LogP contribution < -0.4 is 9.64 Å². The molecule has 4 heteroatoms. The van der Waals surface area contributed by atoms with Gasteiger partial charge in [0.05, 0.1) is 17.3 Å². The number of rotatable bonds is 2. The van der Waals surface area contributed by atoms with Crippen LogP contribution in [0.4, 0.5) is 5.69 Å². The Hall–Kier alpha value is -1.03. The Labute approximate surface area is 116 Å². The van der Waals surface area contributed by atoms with Gasteiger partial charge in [0.25, 0.3) is 0 Å². The number of anilines is 1. The lowest BCUT2D eigenvalue weighted by molar-refractivity contribution is -0.121. The van der Waals surface area contributed by atoms with Gasteiger partial charge in [-0.2, -0.15) is 0 Å². The van der Waals surface area contributed by atoms with Crippen LogP contribution in [0.2, 0.25) is 0 Å². The second kappa shape index (κ2) is 5.31. The van der Waals surface area contributed by atoms with Crippen molar-refractivity contribution in [1.82, 2.24) is 0 Å². The molecule has 2 rings (SSSR count). The van der Waals surface area contributed by atoms with Crippen molar-refractivity contribution in [2.24, 2.45) is 5.92 Å². The lowest BCUT2D eigenvalue weighted by Gasteiger charge is -2.23. The molecule has 0 fully saturated rings. The average molecular weight is 312 g/mol. The standard InChI is InChI=1S/C14H18BrNO2/c1-4-16-12-8-13(18-3)11(15)7-10(12)6-5-9(2)14(16)17/h7-9H,4-6H2,1-3H3. The Morgan fingerprint density at radius 3 is 2.83 bits per heavy atom. The predicted octanol–water partition coefficient (Wildman–Crippen LogP) is 3.39. The number of methoxy groups -OCH3 is 1. The Bertz CT molecular complexity index is 473. The fourth-order valence-electron chi connectivity index (χ4n) is 2.40. The van der Waals surface area contributed by atoms with Gasteiger partial charge >= 0.3 is 0 Å². The molecule has 3 nitrogen and oxygen atoms in total. The molecule has 0 aliphatic carbocycles. The van der Waals surface area contributed by atoms with Gasteiger partial charge in [-0.3, -0.25) is 4.79 Å². The van der Waals surface area contributed by atoms with Crippen LogP contribution in [0, 0.1) is 5.92 Å². The molecule has 1 aliphatic rings. The van der Waals surface area contributed by atoms with Crippen molar-refractivity contribution in [2.75, 3.05) is 18.6 Å². The van der Waals surface area contributed by atoms with E-state index in [1.54, 1.807) is 7.11 Å². The van der Waals surface area contributed by atoms with Crippen LogP contribution in [0.5, 0.6) is 5.75 Å². The predicted molar refractivity (Wildman–Crippen MR) is 76.2 cm³/mol. The SMILES string of the molecule is CCN1C(=O)C(C)CCc2cc(Br)c(OC)cc21. The zero-order valence-corrected chi connectivity index (χ0v) is 12.6. The molecule has 1 unspecified atom stereocenters. The fourth-order valence-corrected chi connectivity index (χ4v) is 2.95. The van der Waals surface area contributed by atoms with Crippen molar-refractivity contribution < 1.29 is 9.53 Å². The minimum Gasteiger partial charge on any atom is -0.495 e. The van der Waals surface area contributed by atoms with E-state index in [4.69, 9.17) is 4.74 Å². The summed E-state index contributed by atoms with van der Waals surface area (Å²) in [6.45, 7) is 4.71. The van der Waals surface area contributed by atoms with Gasteiger partial charge in [-0.15, -0.1) is 0 Å². The molecule has 1 aliphatic heterocycles. The van der Waals surface area contributed by atoms with Gasteiger partial charge in [-0.05, 0) is 47.3 Å². The van der Waals surface area contributed by atoms with Crippen molar-refractivity contribution >= 4 is 27.5 Å². The first kappa shape index (κ1) is 13.4. The van der Waals surface area contributed by atoms with E-state index in [2.05, 4.69) is 22.0 Å². The Balaban J connectivity index is 2.54. The summed E-state index contributed by atoms with van der Waals surface area (Å²) in [5.41, 5.74) is 2.20. The minimum absolute atomic E-state index is 0.0853. The van der Waals surface area contributed by atoms with E-state index in [1.165, 1.54) is 5.56 Å². The zero-order chi connectivity index (χ0) is 13.3. The largest absolute Gasteiger partial charge is 0.495 e. The number of nitrogens with zero attached hydrogens (tertiary/aromatic N) is 1. The summed E-state index contributed by atoms with van der Waals surface area (Å²) in [7, 11) is 1.64. The maximum absolute atomic E-state index is 12.3. The van der Waals surface area contributed by atoms with Gasteiger partial charge in [0.1, 0.15) is 5.75 Å². The molecule has 1 heterocycles. The first-order valence-corrected chi connectivity index (χ1v) is 7.05. The van der Waals surface area contributed by atoms with Gasteiger partial charge < -0.3 is 9.64 Å². The van der Waals surface area contributed by atoms with Crippen LogP contribution in [0.15, 0.2) is 16.6 Å². The number of aryl methyl sites for hydroxylation is 1. The molecule has 0 saturated heterocycles. The van der Waals surface area contributed by atoms with Gasteiger partial charge in [0.2, 0.25) is 5.91 Å². The molecule has 98 valence electrons. The van der Waals surface area contributed by atoms with Crippen molar-refractivity contribution in [3.05, 3.63) is 22.2 Å². The number of halogens is 1. The highest BCUT2D eigenvalue weighted by molar-refractivity contribution is 9.10. The third kappa shape index (κ3) is 2.26. The van der Waals surface area contributed by atoms with Gasteiger partial charge in [-0.1, -0.05) is 6.92 Å². The summed E-state index contributed by atoms with van der Waals surface area (Å²) < 4.78 is 6.27. The van der Waals surface area contributed by atoms with E-state index >= 15 is 0 Å². The quantitative estimate of drug-likeness (QED) is 0.838. The van der Waals surface area contributed by atoms with Crippen molar-refractivity contribution in [2.45, 2.75) is 26.7 Å². The highest BCUT2D eigenvalue weighted by Crippen LogP contribution is 2.37. The molecule has 18 heavy (non-hydrogen) atoms. The summed E-state index contributed by atoms with van der Waals surface area (Å²) in [6.07, 6.45) is 1.84. The molecular weight excluding hydrogens is 294 g/mol. The molecule has 1 aromatic carbocycles. The lowest BCUT2D eigenvalue weighted by Crippen LogP contribution is -2.34. The summed E-state index contributed by atoms with van der Waals surface area (Å²) >= 11 is 3.50. The van der Waals surface area contributed by atoms with E-state index in [0.29, 0.717) is 6.54 Å². The molecule has 0 saturated carbocycles. The second-order valence-electron chi connectivity index (χ2n) is 4.64. The molecule has 0 radical (unpaired) electrons. The van der Waals surface area contributed by atoms with E-state index in [9.17, 15) is 4.79 Å². The van der Waals surface area contributed by atoms with Crippen molar-refractivity contribution in [3.63, 3.8) is 0 Å². The molecule has 0 aromatic heterocycles. The summed E-state index contributed by atoms with van der Waals surface area (Å²) in [5, 5.41) is 0. The van der Waals surface area contributed by atoms with E-state index in [0.717, 1.165) is 28.8 Å². The summed E-state index contributed by atoms with van der Waals surface area (Å²) in [5.74, 6) is 1.07. The first-order valence-electron chi connectivity index (χ1n) is 6.26. The highest BCUT2D eigenvalue weighted by Gasteiger charge is 2.27. The number of benzene rings is 1. The third-order valence-electron chi connectivity index (χ3n) is 3.49. The monoisotopic (exact) mass is 311 g/mol. The number of carbonyl (C=O) groups is 1. The number of hydrogen-bond donors (Lipinski definition) is 0. The molecule has 1 aromatic rings. The summed E-state index contributed by atoms with van der Waals surface area (Å²) in [6, 6.07) is 4.03. The van der Waals surface area contributed by atoms with Gasteiger partial charge in [-0.25, -0.2) is 0 Å². The van der Waals surface area contributed by atoms with Crippen LogP contribution in [0.1, 0.15) is 25.8 Å². The van der Waals surface area contributed by atoms with Crippen LogP contribution in [-0.2, 0) is 11.2 Å². The minimum atomic E-state index is 0.0853. The Morgan fingerprint density at radius 2 is 2.22 bits per heavy atom. The number of fused-ring (bicyclic) bond motifs is 1. The zero-order valence-electron chi connectivity index (χ0n) is 11.0. The fraction of sp³-hybridized carbons (Fsp3) is 0.500. The second-order valence-corrected chi connectivity index (χ2v) is 5.49. The van der Waals surface area contributed by atoms with Crippen molar-refractivity contribution in [3.8, 4) is 5.75 Å². The maximum Gasteiger partial charge on any atom is 0.229 e. The topological polar surface area (TPSA) is 29.5 Å². The first-order chi connectivity index (χ1) is 8.58. The van der Waals surface area contributed by atoms with Crippen molar-refractivity contribution in [1.29, 1.82) is 0 Å². The van der Waals surface area contributed by atoms with E-state index in [1.807, 2.05) is 24.8 Å². The molecule has 0 N–H and O–H groups in total. The van der Waals surface area contributed by atoms with Crippen LogP contribution >= 0.6 is 15.9 Å². The maximum atomic E-state index is 12.3. The number of carbonyl (C=O) groups excluding carboxylic acids is 1. The Morgan fingerprint density at radius 1 is 1.50 bits per heavy atom. The van der Waals surface area contributed by atoms with Gasteiger partial charge in [0, 0.05) is 18.5 Å². The Kier molecular flexibility index (Phi) is 3.95. The molecule has 1 atom stereocenters. The lowest BCUT2D eigenvalue weighted by atomic mass is 10.0. The van der Waals surface area contributed by atoms with Crippen LogP contribution in [0.3, 0.4) is 0 Å². The smallest absolute Gasteiger partial charge is 0.229 e. The molecule has 1 amide bonds. The number of amides is 1. The average Bonchev–Trinajstić information content (AvgIpc) is 2.48. The molecule has 0 bridgehead atoms. The molecule has 0 spiro atoms.